The number of hydrogen-bond acceptors (Lipinski definition) is 4. The Balaban J connectivity index is 2.22. The second-order valence-corrected chi connectivity index (χ2v) is 6.24. The predicted octanol–water partition coefficient (Wildman–Crippen LogP) is 3.31. The van der Waals surface area contributed by atoms with Gasteiger partial charge in [0.2, 0.25) is 0 Å². The molecule has 2 aromatic heterocycles. The van der Waals surface area contributed by atoms with Crippen LogP contribution in [0.25, 0.3) is 11.1 Å². The van der Waals surface area contributed by atoms with Gasteiger partial charge in [-0.3, -0.25) is 0 Å². The van der Waals surface area contributed by atoms with Gasteiger partial charge in [-0.1, -0.05) is 32.9 Å². The summed E-state index contributed by atoms with van der Waals surface area (Å²) in [6, 6.07) is 2.14. The van der Waals surface area contributed by atoms with E-state index in [2.05, 4.69) is 49.2 Å². The summed E-state index contributed by atoms with van der Waals surface area (Å²) < 4.78 is 5.29. The predicted molar refractivity (Wildman–Crippen MR) is 77.0 cm³/mol. The van der Waals surface area contributed by atoms with E-state index in [0.29, 0.717) is 5.71 Å². The quantitative estimate of drug-likeness (QED) is 0.839. The standard InChI is InChI=1S/C15H23N3O/c1-5-6-16-9-11-7-12-13(8-15(2,3)4)18-19-14(12)17-10-11/h7,10,16H,5-6,8-9H2,1-4H3. The Kier molecular flexibility index (Phi) is 4.20. The highest BCUT2D eigenvalue weighted by Gasteiger charge is 2.17. The first-order valence-electron chi connectivity index (χ1n) is 6.93. The van der Waals surface area contributed by atoms with Crippen molar-refractivity contribution in [2.45, 2.75) is 47.1 Å². The number of pyridine rings is 1. The second kappa shape index (κ2) is 5.70. The van der Waals surface area contributed by atoms with E-state index in [1.807, 2.05) is 6.20 Å². The molecule has 0 atom stereocenters. The van der Waals surface area contributed by atoms with E-state index in [1.165, 1.54) is 5.56 Å². The van der Waals surface area contributed by atoms with Gasteiger partial charge in [0.05, 0.1) is 11.1 Å². The number of nitrogens with one attached hydrogen (secondary N) is 1. The summed E-state index contributed by atoms with van der Waals surface area (Å²) in [6.07, 6.45) is 3.89. The maximum atomic E-state index is 5.29. The molecule has 2 aromatic rings. The molecule has 0 aliphatic carbocycles. The molecule has 0 unspecified atom stereocenters. The SMILES string of the molecule is CCCNCc1cnc2onc(CC(C)(C)C)c2c1. The summed E-state index contributed by atoms with van der Waals surface area (Å²) in [5, 5.41) is 8.59. The van der Waals surface area contributed by atoms with Crippen molar-refractivity contribution < 1.29 is 4.52 Å². The highest BCUT2D eigenvalue weighted by molar-refractivity contribution is 5.76. The van der Waals surface area contributed by atoms with Crippen LogP contribution >= 0.6 is 0 Å². The van der Waals surface area contributed by atoms with E-state index < -0.39 is 0 Å². The zero-order valence-corrected chi connectivity index (χ0v) is 12.3. The van der Waals surface area contributed by atoms with Crippen molar-refractivity contribution in [3.63, 3.8) is 0 Å². The van der Waals surface area contributed by atoms with Crippen molar-refractivity contribution in [1.29, 1.82) is 0 Å². The monoisotopic (exact) mass is 261 g/mol. The van der Waals surface area contributed by atoms with Crippen LogP contribution in [-0.2, 0) is 13.0 Å². The van der Waals surface area contributed by atoms with E-state index in [4.69, 9.17) is 4.52 Å². The van der Waals surface area contributed by atoms with Crippen molar-refractivity contribution in [2.75, 3.05) is 6.54 Å². The molecule has 104 valence electrons. The zero-order chi connectivity index (χ0) is 13.9. The lowest BCUT2D eigenvalue weighted by molar-refractivity contribution is 0.380. The molecule has 1 N–H and O–H groups in total. The lowest BCUT2D eigenvalue weighted by Crippen LogP contribution is -2.14. The molecule has 19 heavy (non-hydrogen) atoms. The summed E-state index contributed by atoms with van der Waals surface area (Å²) >= 11 is 0. The van der Waals surface area contributed by atoms with Gasteiger partial charge in [-0.15, -0.1) is 0 Å². The van der Waals surface area contributed by atoms with Crippen LogP contribution in [0.15, 0.2) is 16.8 Å². The smallest absolute Gasteiger partial charge is 0.257 e. The van der Waals surface area contributed by atoms with Crippen LogP contribution in [0.5, 0.6) is 0 Å². The van der Waals surface area contributed by atoms with Crippen molar-refractivity contribution in [3.05, 3.63) is 23.5 Å². The molecule has 0 aliphatic heterocycles. The van der Waals surface area contributed by atoms with Gasteiger partial charge in [0, 0.05) is 12.7 Å². The molecule has 4 heteroatoms. The van der Waals surface area contributed by atoms with E-state index >= 15 is 0 Å². The third-order valence-electron chi connectivity index (χ3n) is 2.91. The summed E-state index contributed by atoms with van der Waals surface area (Å²) in [4.78, 5) is 4.34. The Morgan fingerprint density at radius 1 is 1.32 bits per heavy atom. The lowest BCUT2D eigenvalue weighted by atomic mass is 9.90. The Morgan fingerprint density at radius 3 is 2.79 bits per heavy atom. The van der Waals surface area contributed by atoms with E-state index in [-0.39, 0.29) is 5.41 Å². The van der Waals surface area contributed by atoms with Gasteiger partial charge >= 0.3 is 0 Å². The first-order valence-corrected chi connectivity index (χ1v) is 6.93. The minimum atomic E-state index is 0.195. The topological polar surface area (TPSA) is 51.0 Å². The molecule has 0 bridgehead atoms. The molecule has 0 radical (unpaired) electrons. The van der Waals surface area contributed by atoms with Crippen molar-refractivity contribution in [1.82, 2.24) is 15.5 Å². The van der Waals surface area contributed by atoms with Crippen molar-refractivity contribution >= 4 is 11.1 Å². The summed E-state index contributed by atoms with van der Waals surface area (Å²) in [7, 11) is 0. The molecular formula is C15H23N3O. The molecule has 0 saturated heterocycles. The summed E-state index contributed by atoms with van der Waals surface area (Å²) in [6.45, 7) is 10.6. The molecule has 0 aliphatic rings. The molecule has 0 aromatic carbocycles. The van der Waals surface area contributed by atoms with Gasteiger partial charge < -0.3 is 9.84 Å². The Hall–Kier alpha value is -1.42. The van der Waals surface area contributed by atoms with Crippen LogP contribution < -0.4 is 5.32 Å². The summed E-state index contributed by atoms with van der Waals surface area (Å²) in [5.74, 6) is 0. The zero-order valence-electron chi connectivity index (χ0n) is 12.3. The molecule has 0 amide bonds. The molecule has 2 heterocycles. The van der Waals surface area contributed by atoms with Crippen molar-refractivity contribution in [2.24, 2.45) is 5.41 Å². The fourth-order valence-corrected chi connectivity index (χ4v) is 2.06. The van der Waals surface area contributed by atoms with Gasteiger partial charge in [0.25, 0.3) is 5.71 Å². The number of rotatable bonds is 5. The van der Waals surface area contributed by atoms with E-state index in [1.54, 1.807) is 0 Å². The van der Waals surface area contributed by atoms with Gasteiger partial charge in [-0.25, -0.2) is 4.98 Å². The minimum absolute atomic E-state index is 0.195. The first kappa shape index (κ1) is 14.0. The first-order chi connectivity index (χ1) is 8.99. The molecule has 0 fully saturated rings. The van der Waals surface area contributed by atoms with E-state index in [9.17, 15) is 0 Å². The lowest BCUT2D eigenvalue weighted by Gasteiger charge is -2.15. The second-order valence-electron chi connectivity index (χ2n) is 6.24. The molecule has 0 spiro atoms. The van der Waals surface area contributed by atoms with Crippen LogP contribution in [0.3, 0.4) is 0 Å². The molecule has 0 saturated carbocycles. The van der Waals surface area contributed by atoms with Gasteiger partial charge in [-0.05, 0) is 36.4 Å². The highest BCUT2D eigenvalue weighted by Crippen LogP contribution is 2.25. The number of fused-ring (bicyclic) bond motifs is 1. The van der Waals surface area contributed by atoms with E-state index in [0.717, 1.165) is 37.0 Å². The minimum Gasteiger partial charge on any atom is -0.336 e. The number of nitrogens with zero attached hydrogens (tertiary/aromatic N) is 2. The van der Waals surface area contributed by atoms with Crippen LogP contribution in [0.1, 0.15) is 45.4 Å². The highest BCUT2D eigenvalue weighted by atomic mass is 16.5. The third kappa shape index (κ3) is 3.77. The largest absolute Gasteiger partial charge is 0.336 e. The van der Waals surface area contributed by atoms with Crippen LogP contribution in [0.2, 0.25) is 0 Å². The Labute approximate surface area is 114 Å². The Morgan fingerprint density at radius 2 is 2.11 bits per heavy atom. The summed E-state index contributed by atoms with van der Waals surface area (Å²) in [5.41, 5.74) is 3.02. The maximum absolute atomic E-state index is 5.29. The normalized spacial score (nSPS) is 12.2. The molecule has 4 nitrogen and oxygen atoms in total. The molecular weight excluding hydrogens is 238 g/mol. The average molecular weight is 261 g/mol. The van der Waals surface area contributed by atoms with Gasteiger partial charge in [0.1, 0.15) is 0 Å². The number of aromatic nitrogens is 2. The average Bonchev–Trinajstić information content (AvgIpc) is 2.70. The van der Waals surface area contributed by atoms with Crippen LogP contribution in [0, 0.1) is 5.41 Å². The van der Waals surface area contributed by atoms with Gasteiger partial charge in [-0.2, -0.15) is 0 Å². The fraction of sp³-hybridized carbons (Fsp3) is 0.600. The number of hydrogen-bond donors (Lipinski definition) is 1. The maximum Gasteiger partial charge on any atom is 0.257 e. The van der Waals surface area contributed by atoms with Crippen LogP contribution in [0.4, 0.5) is 0 Å². The van der Waals surface area contributed by atoms with Crippen molar-refractivity contribution in [3.8, 4) is 0 Å². The fourth-order valence-electron chi connectivity index (χ4n) is 2.06. The Bertz CT molecular complexity index is 540. The van der Waals surface area contributed by atoms with Crippen LogP contribution in [-0.4, -0.2) is 16.7 Å². The third-order valence-corrected chi connectivity index (χ3v) is 2.91. The molecule has 2 rings (SSSR count). The van der Waals surface area contributed by atoms with Gasteiger partial charge in [0.15, 0.2) is 0 Å².